The van der Waals surface area contributed by atoms with Crippen LogP contribution in [0.1, 0.15) is 11.1 Å². The summed E-state index contributed by atoms with van der Waals surface area (Å²) in [4.78, 5) is 4.33. The van der Waals surface area contributed by atoms with Crippen LogP contribution in [-0.2, 0) is 0 Å². The molecule has 0 radical (unpaired) electrons. The van der Waals surface area contributed by atoms with Gasteiger partial charge >= 0.3 is 0 Å². The number of anilines is 2. The molecule has 0 bridgehead atoms. The Morgan fingerprint density at radius 2 is 1.88 bits per heavy atom. The average molecular weight is 356 g/mol. The van der Waals surface area contributed by atoms with Crippen molar-refractivity contribution in [1.82, 2.24) is 4.98 Å². The summed E-state index contributed by atoms with van der Waals surface area (Å²) in [5.41, 5.74) is 3.38. The third kappa shape index (κ3) is 2.87. The van der Waals surface area contributed by atoms with Crippen LogP contribution in [0.25, 0.3) is 0 Å². The molecule has 2 aromatic rings. The molecule has 1 aromatic heterocycles. The molecule has 0 fully saturated rings. The molecule has 2 rings (SSSR count). The van der Waals surface area contributed by atoms with E-state index in [0.717, 1.165) is 26.0 Å². The highest BCUT2D eigenvalue weighted by Crippen LogP contribution is 2.28. The molecule has 0 atom stereocenters. The van der Waals surface area contributed by atoms with Crippen molar-refractivity contribution in [3.63, 3.8) is 0 Å². The van der Waals surface area contributed by atoms with E-state index < -0.39 is 0 Å². The van der Waals surface area contributed by atoms with Crippen molar-refractivity contribution < 1.29 is 0 Å². The summed E-state index contributed by atoms with van der Waals surface area (Å²) in [5, 5.41) is 3.30. The molecule has 17 heavy (non-hydrogen) atoms. The minimum Gasteiger partial charge on any atom is -0.339 e. The van der Waals surface area contributed by atoms with Gasteiger partial charge < -0.3 is 5.32 Å². The molecule has 0 aliphatic heterocycles. The Bertz CT molecular complexity index is 553. The highest BCUT2D eigenvalue weighted by atomic mass is 79.9. The quantitative estimate of drug-likeness (QED) is 0.822. The van der Waals surface area contributed by atoms with E-state index in [1.54, 1.807) is 6.20 Å². The normalized spacial score (nSPS) is 10.4. The largest absolute Gasteiger partial charge is 0.339 e. The van der Waals surface area contributed by atoms with Gasteiger partial charge in [0.25, 0.3) is 0 Å². The van der Waals surface area contributed by atoms with Gasteiger partial charge in [-0.25, -0.2) is 4.98 Å². The molecule has 0 saturated carbocycles. The number of nitrogens with one attached hydrogen (secondary N) is 1. The number of pyridine rings is 1. The first kappa shape index (κ1) is 12.6. The van der Waals surface area contributed by atoms with Crippen molar-refractivity contribution in [3.8, 4) is 0 Å². The van der Waals surface area contributed by atoms with Crippen molar-refractivity contribution in [2.24, 2.45) is 0 Å². The van der Waals surface area contributed by atoms with Gasteiger partial charge in [0, 0.05) is 15.1 Å². The average Bonchev–Trinajstić information content (AvgIpc) is 2.30. The van der Waals surface area contributed by atoms with Crippen molar-refractivity contribution in [2.75, 3.05) is 5.32 Å². The van der Waals surface area contributed by atoms with Crippen LogP contribution >= 0.6 is 31.9 Å². The molecule has 1 heterocycles. The third-order valence-corrected chi connectivity index (χ3v) is 4.38. The second-order valence-corrected chi connectivity index (χ2v) is 5.53. The maximum atomic E-state index is 4.33. The Balaban J connectivity index is 2.31. The van der Waals surface area contributed by atoms with Crippen LogP contribution < -0.4 is 5.32 Å². The molecule has 0 amide bonds. The highest BCUT2D eigenvalue weighted by molar-refractivity contribution is 9.11. The number of hydrogen-bond acceptors (Lipinski definition) is 2. The Hall–Kier alpha value is -0.870. The van der Waals surface area contributed by atoms with Gasteiger partial charge in [0.05, 0.1) is 5.69 Å². The van der Waals surface area contributed by atoms with Gasteiger partial charge in [-0.1, -0.05) is 12.1 Å². The fraction of sp³-hybridized carbons (Fsp3) is 0.154. The van der Waals surface area contributed by atoms with E-state index in [1.165, 1.54) is 5.56 Å². The summed E-state index contributed by atoms with van der Waals surface area (Å²) in [6.45, 7) is 4.11. The summed E-state index contributed by atoms with van der Waals surface area (Å²) in [6, 6.07) is 8.12. The zero-order valence-electron chi connectivity index (χ0n) is 9.59. The number of hydrogen-bond donors (Lipinski definition) is 1. The predicted molar refractivity (Wildman–Crippen MR) is 78.8 cm³/mol. The van der Waals surface area contributed by atoms with E-state index in [2.05, 4.69) is 55.2 Å². The lowest BCUT2D eigenvalue weighted by molar-refractivity contribution is 1.25. The maximum absolute atomic E-state index is 4.33. The van der Waals surface area contributed by atoms with Gasteiger partial charge in [0.2, 0.25) is 0 Å². The Morgan fingerprint density at radius 3 is 2.59 bits per heavy atom. The summed E-state index contributed by atoms with van der Waals surface area (Å²) in [5.74, 6) is 0.844. The SMILES string of the molecule is Cc1cc(Nc2cccc(C)c2Br)ncc1Br. The van der Waals surface area contributed by atoms with Crippen molar-refractivity contribution in [2.45, 2.75) is 13.8 Å². The molecule has 1 aromatic carbocycles. The molecule has 88 valence electrons. The zero-order valence-corrected chi connectivity index (χ0v) is 12.8. The molecule has 2 nitrogen and oxygen atoms in total. The standard InChI is InChI=1S/C13H12Br2N2/c1-8-4-3-5-11(13(8)15)17-12-6-9(2)10(14)7-16-12/h3-7H,1-2H3,(H,16,17). The zero-order chi connectivity index (χ0) is 12.4. The fourth-order valence-electron chi connectivity index (χ4n) is 1.49. The molecule has 0 aliphatic carbocycles. The predicted octanol–water partition coefficient (Wildman–Crippen LogP) is 4.97. The molecular weight excluding hydrogens is 344 g/mol. The van der Waals surface area contributed by atoms with E-state index in [1.807, 2.05) is 25.1 Å². The van der Waals surface area contributed by atoms with Crippen molar-refractivity contribution in [1.29, 1.82) is 0 Å². The molecule has 0 aliphatic rings. The number of rotatable bonds is 2. The van der Waals surface area contributed by atoms with Crippen LogP contribution in [0.3, 0.4) is 0 Å². The lowest BCUT2D eigenvalue weighted by Crippen LogP contribution is -1.96. The van der Waals surface area contributed by atoms with E-state index >= 15 is 0 Å². The van der Waals surface area contributed by atoms with Crippen LogP contribution in [0.4, 0.5) is 11.5 Å². The van der Waals surface area contributed by atoms with E-state index in [-0.39, 0.29) is 0 Å². The topological polar surface area (TPSA) is 24.9 Å². The number of nitrogens with zero attached hydrogens (tertiary/aromatic N) is 1. The minimum atomic E-state index is 0.844. The highest BCUT2D eigenvalue weighted by Gasteiger charge is 2.04. The Kier molecular flexibility index (Phi) is 3.84. The number of halogens is 2. The van der Waals surface area contributed by atoms with Crippen molar-refractivity contribution >= 4 is 43.4 Å². The van der Waals surface area contributed by atoms with Crippen LogP contribution in [0.15, 0.2) is 39.4 Å². The summed E-state index contributed by atoms with van der Waals surface area (Å²) in [6.07, 6.45) is 1.81. The molecule has 1 N–H and O–H groups in total. The van der Waals surface area contributed by atoms with E-state index in [4.69, 9.17) is 0 Å². The van der Waals surface area contributed by atoms with E-state index in [0.29, 0.717) is 0 Å². The first-order chi connectivity index (χ1) is 8.08. The lowest BCUT2D eigenvalue weighted by Gasteiger charge is -2.10. The van der Waals surface area contributed by atoms with Gasteiger partial charge in [-0.15, -0.1) is 0 Å². The third-order valence-electron chi connectivity index (χ3n) is 2.50. The number of benzene rings is 1. The number of aryl methyl sites for hydroxylation is 2. The summed E-state index contributed by atoms with van der Waals surface area (Å²) in [7, 11) is 0. The first-order valence-electron chi connectivity index (χ1n) is 5.22. The van der Waals surface area contributed by atoms with E-state index in [9.17, 15) is 0 Å². The smallest absolute Gasteiger partial charge is 0.130 e. The first-order valence-corrected chi connectivity index (χ1v) is 6.81. The monoisotopic (exact) mass is 354 g/mol. The van der Waals surface area contributed by atoms with Crippen LogP contribution in [0.5, 0.6) is 0 Å². The van der Waals surface area contributed by atoms with Crippen LogP contribution in [-0.4, -0.2) is 4.98 Å². The fourth-order valence-corrected chi connectivity index (χ4v) is 2.07. The summed E-state index contributed by atoms with van der Waals surface area (Å²) < 4.78 is 2.09. The lowest BCUT2D eigenvalue weighted by atomic mass is 10.2. The molecule has 4 heteroatoms. The molecule has 0 spiro atoms. The van der Waals surface area contributed by atoms with Crippen molar-refractivity contribution in [3.05, 3.63) is 50.5 Å². The van der Waals surface area contributed by atoms with Crippen LogP contribution in [0.2, 0.25) is 0 Å². The molecule has 0 saturated heterocycles. The van der Waals surface area contributed by atoms with Gasteiger partial charge in [0.1, 0.15) is 5.82 Å². The summed E-state index contributed by atoms with van der Waals surface area (Å²) >= 11 is 7.01. The van der Waals surface area contributed by atoms with Gasteiger partial charge in [0.15, 0.2) is 0 Å². The van der Waals surface area contributed by atoms with Gasteiger partial charge in [-0.3, -0.25) is 0 Å². The minimum absolute atomic E-state index is 0.844. The Morgan fingerprint density at radius 1 is 1.12 bits per heavy atom. The Labute approximate surface area is 118 Å². The number of aromatic nitrogens is 1. The second-order valence-electron chi connectivity index (χ2n) is 3.88. The molecular formula is C13H12Br2N2. The van der Waals surface area contributed by atoms with Crippen LogP contribution in [0, 0.1) is 13.8 Å². The van der Waals surface area contributed by atoms with Gasteiger partial charge in [-0.2, -0.15) is 0 Å². The maximum Gasteiger partial charge on any atom is 0.130 e. The van der Waals surface area contributed by atoms with Gasteiger partial charge in [-0.05, 0) is 69.0 Å². The molecule has 0 unspecified atom stereocenters. The second kappa shape index (κ2) is 5.19.